The summed E-state index contributed by atoms with van der Waals surface area (Å²) < 4.78 is 11.2. The molecule has 164 valence electrons. The van der Waals surface area contributed by atoms with E-state index in [0.29, 0.717) is 19.1 Å². The molecule has 3 rings (SSSR count). The van der Waals surface area contributed by atoms with Crippen molar-refractivity contribution >= 4 is 29.9 Å². The molecule has 1 heterocycles. The van der Waals surface area contributed by atoms with Crippen LogP contribution in [0.5, 0.6) is 11.5 Å². The highest BCUT2D eigenvalue weighted by Gasteiger charge is 2.25. The van der Waals surface area contributed by atoms with Crippen molar-refractivity contribution in [1.82, 2.24) is 10.2 Å². The predicted molar refractivity (Wildman–Crippen MR) is 131 cm³/mol. The van der Waals surface area contributed by atoms with Crippen LogP contribution in [0.25, 0.3) is 0 Å². The summed E-state index contributed by atoms with van der Waals surface area (Å²) in [5.74, 6) is 2.32. The zero-order chi connectivity index (χ0) is 20.5. The number of nitrogens with zero attached hydrogens (tertiary/aromatic N) is 2. The fourth-order valence-corrected chi connectivity index (χ4v) is 3.48. The quantitative estimate of drug-likeness (QED) is 0.310. The zero-order valence-electron chi connectivity index (χ0n) is 17.7. The van der Waals surface area contributed by atoms with Gasteiger partial charge in [-0.2, -0.15) is 0 Å². The van der Waals surface area contributed by atoms with E-state index < -0.39 is 0 Å². The van der Waals surface area contributed by atoms with E-state index in [0.717, 1.165) is 49.9 Å². The van der Waals surface area contributed by atoms with Crippen LogP contribution in [0.1, 0.15) is 24.5 Å². The number of aliphatic imine (C=N–C) groups is 1. The summed E-state index contributed by atoms with van der Waals surface area (Å²) in [4.78, 5) is 7.01. The molecule has 1 aliphatic rings. The highest BCUT2D eigenvalue weighted by atomic mass is 127. The molecule has 0 bridgehead atoms. The molecule has 1 saturated heterocycles. The van der Waals surface area contributed by atoms with Gasteiger partial charge in [0.15, 0.2) is 5.96 Å². The molecule has 0 radical (unpaired) electrons. The molecule has 1 aliphatic heterocycles. The Morgan fingerprint density at radius 2 is 2.03 bits per heavy atom. The molecule has 0 amide bonds. The van der Waals surface area contributed by atoms with Gasteiger partial charge in [0, 0.05) is 31.1 Å². The molecule has 1 fully saturated rings. The average Bonchev–Trinajstić information content (AvgIpc) is 3.21. The third kappa shape index (κ3) is 7.05. The molecule has 0 aromatic heterocycles. The van der Waals surface area contributed by atoms with Gasteiger partial charge in [0.05, 0.1) is 26.9 Å². The maximum Gasteiger partial charge on any atom is 0.194 e. The van der Waals surface area contributed by atoms with Crippen LogP contribution in [0.4, 0.5) is 0 Å². The number of phenols is 1. The molecule has 0 aliphatic carbocycles. The second-order valence-corrected chi connectivity index (χ2v) is 7.27. The molecule has 7 heteroatoms. The van der Waals surface area contributed by atoms with Gasteiger partial charge in [-0.1, -0.05) is 30.3 Å². The highest BCUT2D eigenvalue weighted by Crippen LogP contribution is 2.24. The molecule has 6 nitrogen and oxygen atoms in total. The average molecular weight is 525 g/mol. The number of rotatable bonds is 8. The van der Waals surface area contributed by atoms with Crippen molar-refractivity contribution in [2.24, 2.45) is 10.9 Å². The van der Waals surface area contributed by atoms with Crippen LogP contribution in [0.15, 0.2) is 53.5 Å². The number of ether oxygens (including phenoxy) is 2. The van der Waals surface area contributed by atoms with Gasteiger partial charge in [-0.15, -0.1) is 24.0 Å². The first-order chi connectivity index (χ1) is 14.2. The monoisotopic (exact) mass is 525 g/mol. The molecule has 2 N–H and O–H groups in total. The minimum Gasteiger partial charge on any atom is -0.508 e. The Kier molecular flexibility index (Phi) is 10.2. The number of aromatic hydroxyl groups is 1. The van der Waals surface area contributed by atoms with E-state index in [-0.39, 0.29) is 29.7 Å². The minimum atomic E-state index is 0. The van der Waals surface area contributed by atoms with Crippen LogP contribution in [-0.2, 0) is 17.9 Å². The number of benzene rings is 2. The van der Waals surface area contributed by atoms with E-state index >= 15 is 0 Å². The van der Waals surface area contributed by atoms with Crippen molar-refractivity contribution in [1.29, 1.82) is 0 Å². The first kappa shape index (κ1) is 24.3. The van der Waals surface area contributed by atoms with E-state index in [9.17, 15) is 5.11 Å². The number of halogens is 1. The molecule has 0 saturated carbocycles. The number of methoxy groups -OCH3 is 1. The van der Waals surface area contributed by atoms with Gasteiger partial charge >= 0.3 is 0 Å². The second-order valence-electron chi connectivity index (χ2n) is 7.27. The topological polar surface area (TPSA) is 66.3 Å². The first-order valence-electron chi connectivity index (χ1n) is 10.2. The van der Waals surface area contributed by atoms with Crippen molar-refractivity contribution < 1.29 is 14.6 Å². The summed E-state index contributed by atoms with van der Waals surface area (Å²) in [6.07, 6.45) is 1.09. The smallest absolute Gasteiger partial charge is 0.194 e. The summed E-state index contributed by atoms with van der Waals surface area (Å²) >= 11 is 0. The van der Waals surface area contributed by atoms with Crippen molar-refractivity contribution in [3.05, 3.63) is 59.7 Å². The molecule has 2 aromatic rings. The van der Waals surface area contributed by atoms with E-state index in [1.54, 1.807) is 19.2 Å². The Morgan fingerprint density at radius 1 is 1.23 bits per heavy atom. The Balaban J connectivity index is 0.00000320. The molecule has 0 spiro atoms. The standard InChI is InChI=1S/C23H31N3O3.HI/c1-3-24-23(25-14-20-13-21(28-2)9-10-22(20)27)26-12-11-19(15-26)17-29-16-18-7-5-4-6-8-18;/h4-10,13,19,27H,3,11-12,14-17H2,1-2H3,(H,24,25);1H. The SMILES string of the molecule is CCNC(=NCc1cc(OC)ccc1O)N1CCC(COCc2ccccc2)C1.I. The van der Waals surface area contributed by atoms with Gasteiger partial charge in [-0.3, -0.25) is 0 Å². The summed E-state index contributed by atoms with van der Waals surface area (Å²) in [6.45, 7) is 6.54. The van der Waals surface area contributed by atoms with Gasteiger partial charge in [0.2, 0.25) is 0 Å². The highest BCUT2D eigenvalue weighted by molar-refractivity contribution is 14.0. The molecular formula is C23H32IN3O3. The van der Waals surface area contributed by atoms with Crippen LogP contribution in [0.3, 0.4) is 0 Å². The molecular weight excluding hydrogens is 493 g/mol. The van der Waals surface area contributed by atoms with Crippen LogP contribution in [0, 0.1) is 5.92 Å². The van der Waals surface area contributed by atoms with Crippen LogP contribution < -0.4 is 10.1 Å². The number of phenolic OH excluding ortho intramolecular Hbond substituents is 1. The molecule has 1 unspecified atom stereocenters. The normalized spacial score (nSPS) is 16.3. The van der Waals surface area contributed by atoms with E-state index in [1.165, 1.54) is 5.56 Å². The third-order valence-electron chi connectivity index (χ3n) is 5.07. The summed E-state index contributed by atoms with van der Waals surface area (Å²) in [5, 5.41) is 13.5. The number of hydrogen-bond acceptors (Lipinski definition) is 4. The van der Waals surface area contributed by atoms with Crippen molar-refractivity contribution in [2.45, 2.75) is 26.5 Å². The lowest BCUT2D eigenvalue weighted by Gasteiger charge is -2.22. The maximum absolute atomic E-state index is 10.1. The number of hydrogen-bond donors (Lipinski definition) is 2. The third-order valence-corrected chi connectivity index (χ3v) is 5.07. The summed E-state index contributed by atoms with van der Waals surface area (Å²) in [5.41, 5.74) is 1.96. The van der Waals surface area contributed by atoms with Crippen LogP contribution in [0.2, 0.25) is 0 Å². The van der Waals surface area contributed by atoms with Crippen molar-refractivity contribution in [2.75, 3.05) is 33.4 Å². The molecule has 2 aromatic carbocycles. The Bertz CT molecular complexity index is 802. The lowest BCUT2D eigenvalue weighted by molar-refractivity contribution is 0.0906. The van der Waals surface area contributed by atoms with E-state index in [2.05, 4.69) is 29.3 Å². The Hall–Kier alpha value is -2.00. The van der Waals surface area contributed by atoms with Gasteiger partial charge < -0.3 is 24.8 Å². The second kappa shape index (κ2) is 12.6. The fraction of sp³-hybridized carbons (Fsp3) is 0.435. The lowest BCUT2D eigenvalue weighted by atomic mass is 10.1. The number of likely N-dealkylation sites (tertiary alicyclic amines) is 1. The van der Waals surface area contributed by atoms with Gasteiger partial charge in [0.25, 0.3) is 0 Å². The van der Waals surface area contributed by atoms with Crippen LogP contribution >= 0.6 is 24.0 Å². The van der Waals surface area contributed by atoms with E-state index in [1.807, 2.05) is 24.3 Å². The zero-order valence-corrected chi connectivity index (χ0v) is 20.0. The Morgan fingerprint density at radius 3 is 2.77 bits per heavy atom. The fourth-order valence-electron chi connectivity index (χ4n) is 3.48. The minimum absolute atomic E-state index is 0. The van der Waals surface area contributed by atoms with Gasteiger partial charge in [-0.05, 0) is 37.1 Å². The lowest BCUT2D eigenvalue weighted by Crippen LogP contribution is -2.40. The van der Waals surface area contributed by atoms with Crippen molar-refractivity contribution in [3.63, 3.8) is 0 Å². The van der Waals surface area contributed by atoms with Crippen molar-refractivity contribution in [3.8, 4) is 11.5 Å². The van der Waals surface area contributed by atoms with Crippen LogP contribution in [-0.4, -0.2) is 49.3 Å². The summed E-state index contributed by atoms with van der Waals surface area (Å²) in [6, 6.07) is 15.5. The maximum atomic E-state index is 10.1. The summed E-state index contributed by atoms with van der Waals surface area (Å²) in [7, 11) is 1.62. The molecule has 1 atom stereocenters. The number of nitrogens with one attached hydrogen (secondary N) is 1. The molecule has 30 heavy (non-hydrogen) atoms. The number of guanidine groups is 1. The predicted octanol–water partition coefficient (Wildman–Crippen LogP) is 4.02. The van der Waals surface area contributed by atoms with Gasteiger partial charge in [0.1, 0.15) is 11.5 Å². The largest absolute Gasteiger partial charge is 0.508 e. The van der Waals surface area contributed by atoms with Gasteiger partial charge in [-0.25, -0.2) is 4.99 Å². The van der Waals surface area contributed by atoms with E-state index in [4.69, 9.17) is 14.5 Å². The Labute approximate surface area is 196 Å². The first-order valence-corrected chi connectivity index (χ1v) is 10.2.